The summed E-state index contributed by atoms with van der Waals surface area (Å²) < 4.78 is 30.0. The van der Waals surface area contributed by atoms with Gasteiger partial charge >= 0.3 is 6.61 Å². The van der Waals surface area contributed by atoms with E-state index >= 15 is 0 Å². The summed E-state index contributed by atoms with van der Waals surface area (Å²) in [5.74, 6) is 1.15. The fourth-order valence-corrected chi connectivity index (χ4v) is 2.34. The summed E-state index contributed by atoms with van der Waals surface area (Å²) in [7, 11) is 0. The van der Waals surface area contributed by atoms with Gasteiger partial charge in [0, 0.05) is 35.4 Å². The van der Waals surface area contributed by atoms with Crippen LogP contribution in [0.4, 0.5) is 8.78 Å². The van der Waals surface area contributed by atoms with Gasteiger partial charge in [0.1, 0.15) is 11.6 Å². The molecule has 0 saturated carbocycles. The third-order valence-corrected chi connectivity index (χ3v) is 3.37. The van der Waals surface area contributed by atoms with Crippen molar-refractivity contribution >= 4 is 15.9 Å². The zero-order valence-electron chi connectivity index (χ0n) is 11.3. The topological polar surface area (TPSA) is 49.9 Å². The lowest BCUT2D eigenvalue weighted by molar-refractivity contribution is -0.0505. The Morgan fingerprint density at radius 1 is 1.38 bits per heavy atom. The average molecular weight is 360 g/mol. The minimum atomic E-state index is -2.82. The molecule has 2 N–H and O–H groups in total. The molecule has 1 heterocycles. The lowest BCUT2D eigenvalue weighted by Gasteiger charge is -2.12. The number of nitrogens with zero attached hydrogens (tertiary/aromatic N) is 1. The number of hydrogen-bond donors (Lipinski definition) is 2. The fourth-order valence-electron chi connectivity index (χ4n) is 1.94. The SMILES string of the molecule is FC(F)Oc1ccc(Br)cc1CNCCCc1ncc[nH]1. The van der Waals surface area contributed by atoms with E-state index in [0.717, 1.165) is 29.7 Å². The highest BCUT2D eigenvalue weighted by Crippen LogP contribution is 2.24. The number of H-pyrrole nitrogens is 1. The summed E-state index contributed by atoms with van der Waals surface area (Å²) in [4.78, 5) is 7.17. The van der Waals surface area contributed by atoms with Gasteiger partial charge < -0.3 is 15.0 Å². The molecule has 0 aliphatic heterocycles. The molecule has 1 aromatic carbocycles. The number of aryl methyl sites for hydroxylation is 1. The molecule has 0 fully saturated rings. The van der Waals surface area contributed by atoms with Gasteiger partial charge in [-0.2, -0.15) is 8.78 Å². The summed E-state index contributed by atoms with van der Waals surface area (Å²) in [6.07, 6.45) is 5.27. The molecule has 0 aliphatic carbocycles. The maximum Gasteiger partial charge on any atom is 0.387 e. The van der Waals surface area contributed by atoms with Crippen molar-refractivity contribution in [3.63, 3.8) is 0 Å². The highest BCUT2D eigenvalue weighted by molar-refractivity contribution is 9.10. The van der Waals surface area contributed by atoms with Crippen molar-refractivity contribution in [1.82, 2.24) is 15.3 Å². The Morgan fingerprint density at radius 2 is 2.24 bits per heavy atom. The lowest BCUT2D eigenvalue weighted by atomic mass is 10.2. The van der Waals surface area contributed by atoms with Crippen LogP contribution < -0.4 is 10.1 Å². The standard InChI is InChI=1S/C14H16BrF2N3O/c15-11-3-4-12(21-14(16)17)10(8-11)9-18-5-1-2-13-19-6-7-20-13/h3-4,6-8,14,18H,1-2,5,9H2,(H,19,20). The molecule has 0 atom stereocenters. The number of benzene rings is 1. The van der Waals surface area contributed by atoms with Gasteiger partial charge in [0.15, 0.2) is 0 Å². The first kappa shape index (κ1) is 15.9. The first-order valence-electron chi connectivity index (χ1n) is 6.57. The van der Waals surface area contributed by atoms with Gasteiger partial charge in [-0.25, -0.2) is 4.98 Å². The van der Waals surface area contributed by atoms with Crippen molar-refractivity contribution in [3.05, 3.63) is 46.5 Å². The monoisotopic (exact) mass is 359 g/mol. The number of rotatable bonds is 8. The van der Waals surface area contributed by atoms with Gasteiger partial charge in [-0.1, -0.05) is 15.9 Å². The quantitative estimate of drug-likeness (QED) is 0.709. The van der Waals surface area contributed by atoms with E-state index in [-0.39, 0.29) is 5.75 Å². The van der Waals surface area contributed by atoms with Crippen molar-refractivity contribution in [2.24, 2.45) is 0 Å². The van der Waals surface area contributed by atoms with E-state index in [4.69, 9.17) is 0 Å². The van der Waals surface area contributed by atoms with E-state index in [1.165, 1.54) is 6.07 Å². The molecule has 0 unspecified atom stereocenters. The van der Waals surface area contributed by atoms with Crippen molar-refractivity contribution in [2.75, 3.05) is 6.54 Å². The molecule has 2 aromatic rings. The van der Waals surface area contributed by atoms with Crippen LogP contribution in [0.1, 0.15) is 17.8 Å². The number of alkyl halides is 2. The third kappa shape index (κ3) is 5.43. The minimum absolute atomic E-state index is 0.201. The number of imidazole rings is 1. The van der Waals surface area contributed by atoms with E-state index in [1.54, 1.807) is 24.5 Å². The summed E-state index contributed by atoms with van der Waals surface area (Å²) in [5.41, 5.74) is 0.697. The summed E-state index contributed by atoms with van der Waals surface area (Å²) in [6.45, 7) is -1.58. The zero-order chi connectivity index (χ0) is 15.1. The Bertz CT molecular complexity index is 549. The number of halogens is 3. The Balaban J connectivity index is 1.80. The molecule has 0 aliphatic rings. The maximum absolute atomic E-state index is 12.3. The van der Waals surface area contributed by atoms with Gasteiger partial charge in [0.05, 0.1) is 0 Å². The van der Waals surface area contributed by atoms with Crippen molar-refractivity contribution in [1.29, 1.82) is 0 Å². The average Bonchev–Trinajstić information content (AvgIpc) is 2.94. The molecule has 21 heavy (non-hydrogen) atoms. The molecule has 0 radical (unpaired) electrons. The Hall–Kier alpha value is -1.47. The van der Waals surface area contributed by atoms with Crippen LogP contribution in [-0.2, 0) is 13.0 Å². The van der Waals surface area contributed by atoms with Crippen LogP contribution in [0.2, 0.25) is 0 Å². The van der Waals surface area contributed by atoms with Gasteiger partial charge in [0.2, 0.25) is 0 Å². The largest absolute Gasteiger partial charge is 0.434 e. The fraction of sp³-hybridized carbons (Fsp3) is 0.357. The number of hydrogen-bond acceptors (Lipinski definition) is 3. The lowest BCUT2D eigenvalue weighted by Crippen LogP contribution is -2.17. The van der Waals surface area contributed by atoms with Gasteiger partial charge in [-0.3, -0.25) is 0 Å². The summed E-state index contributed by atoms with van der Waals surface area (Å²) >= 11 is 3.33. The first-order valence-corrected chi connectivity index (χ1v) is 7.36. The number of nitrogens with one attached hydrogen (secondary N) is 2. The molecule has 2 rings (SSSR count). The summed E-state index contributed by atoms with van der Waals surface area (Å²) in [5, 5.41) is 3.22. The molecule has 0 bridgehead atoms. The van der Waals surface area contributed by atoms with E-state index in [2.05, 4.69) is 36.0 Å². The minimum Gasteiger partial charge on any atom is -0.434 e. The van der Waals surface area contributed by atoms with Gasteiger partial charge in [0.25, 0.3) is 0 Å². The zero-order valence-corrected chi connectivity index (χ0v) is 12.9. The van der Waals surface area contributed by atoms with E-state index < -0.39 is 6.61 Å². The molecule has 4 nitrogen and oxygen atoms in total. The first-order chi connectivity index (χ1) is 10.1. The van der Waals surface area contributed by atoms with Crippen molar-refractivity contribution in [2.45, 2.75) is 26.0 Å². The van der Waals surface area contributed by atoms with Crippen LogP contribution in [0.15, 0.2) is 35.1 Å². The van der Waals surface area contributed by atoms with Gasteiger partial charge in [-0.05, 0) is 31.2 Å². The Morgan fingerprint density at radius 3 is 2.95 bits per heavy atom. The van der Waals surface area contributed by atoms with E-state index in [0.29, 0.717) is 12.1 Å². The van der Waals surface area contributed by atoms with E-state index in [9.17, 15) is 8.78 Å². The summed E-state index contributed by atoms with van der Waals surface area (Å²) in [6, 6.07) is 4.99. The van der Waals surface area contributed by atoms with Crippen LogP contribution in [0.25, 0.3) is 0 Å². The second kappa shape index (κ2) is 8.09. The Kier molecular flexibility index (Phi) is 6.13. The highest BCUT2D eigenvalue weighted by Gasteiger charge is 2.09. The molecule has 0 spiro atoms. The van der Waals surface area contributed by atoms with Crippen LogP contribution in [0, 0.1) is 0 Å². The normalized spacial score (nSPS) is 11.0. The third-order valence-electron chi connectivity index (χ3n) is 2.88. The predicted octanol–water partition coefficient (Wildman–Crippen LogP) is 3.50. The van der Waals surface area contributed by atoms with Crippen LogP contribution >= 0.6 is 15.9 Å². The highest BCUT2D eigenvalue weighted by atomic mass is 79.9. The number of aromatic amines is 1. The number of ether oxygens (including phenoxy) is 1. The van der Waals surface area contributed by atoms with Crippen molar-refractivity contribution < 1.29 is 13.5 Å². The smallest absolute Gasteiger partial charge is 0.387 e. The molecule has 114 valence electrons. The predicted molar refractivity (Wildman–Crippen MR) is 79.4 cm³/mol. The van der Waals surface area contributed by atoms with Crippen molar-refractivity contribution in [3.8, 4) is 5.75 Å². The van der Waals surface area contributed by atoms with Crippen LogP contribution in [-0.4, -0.2) is 23.1 Å². The molecule has 1 aromatic heterocycles. The molecule has 0 saturated heterocycles. The molecular weight excluding hydrogens is 344 g/mol. The van der Waals surface area contributed by atoms with E-state index in [1.807, 2.05) is 0 Å². The van der Waals surface area contributed by atoms with Gasteiger partial charge in [-0.15, -0.1) is 0 Å². The molecular formula is C14H16BrF2N3O. The Labute approximate surface area is 130 Å². The second-order valence-corrected chi connectivity index (χ2v) is 5.36. The van der Waals surface area contributed by atoms with Crippen LogP contribution in [0.5, 0.6) is 5.75 Å². The number of aromatic nitrogens is 2. The molecule has 7 heteroatoms. The maximum atomic E-state index is 12.3. The second-order valence-electron chi connectivity index (χ2n) is 4.45. The molecule has 0 amide bonds. The van der Waals surface area contributed by atoms with Crippen LogP contribution in [0.3, 0.4) is 0 Å².